The summed E-state index contributed by atoms with van der Waals surface area (Å²) in [7, 11) is 1.89. The summed E-state index contributed by atoms with van der Waals surface area (Å²) in [5, 5.41) is 8.71. The summed E-state index contributed by atoms with van der Waals surface area (Å²) in [6.45, 7) is 2.11. The number of nitrogens with zero attached hydrogens (tertiary/aromatic N) is 3. The van der Waals surface area contributed by atoms with Crippen molar-refractivity contribution in [2.45, 2.75) is 37.1 Å². The average Bonchev–Trinajstić information content (AvgIpc) is 3.20. The Morgan fingerprint density at radius 1 is 0.967 bits per heavy atom. The molecule has 0 radical (unpaired) electrons. The van der Waals surface area contributed by atoms with Gasteiger partial charge < -0.3 is 4.57 Å². The average molecular weight is 424 g/mol. The fourth-order valence-corrected chi connectivity index (χ4v) is 3.61. The minimum Gasteiger partial charge on any atom is -0.312 e. The molecule has 0 bridgehead atoms. The van der Waals surface area contributed by atoms with E-state index in [1.54, 1.807) is 30.2 Å². The lowest BCUT2D eigenvalue weighted by molar-refractivity contribution is -0.121. The molecule has 2 aromatic carbocycles. The van der Waals surface area contributed by atoms with E-state index >= 15 is 0 Å². The number of nitrogens with one attached hydrogen (secondary N) is 2. The number of hydrogen-bond acceptors (Lipinski definition) is 5. The van der Waals surface area contributed by atoms with Crippen molar-refractivity contribution in [1.29, 1.82) is 0 Å². The van der Waals surface area contributed by atoms with E-state index in [9.17, 15) is 9.59 Å². The first-order chi connectivity index (χ1) is 14.5. The quantitative estimate of drug-likeness (QED) is 0.429. The third-order valence-electron chi connectivity index (χ3n) is 4.64. The van der Waals surface area contributed by atoms with Crippen LogP contribution in [0.2, 0.25) is 0 Å². The van der Waals surface area contributed by atoms with Crippen LogP contribution in [0.15, 0.2) is 60.0 Å². The Kier molecular flexibility index (Phi) is 7.62. The molecule has 1 heterocycles. The summed E-state index contributed by atoms with van der Waals surface area (Å²) < 4.78 is 1.86. The monoisotopic (exact) mass is 423 g/mol. The molecule has 0 saturated heterocycles. The van der Waals surface area contributed by atoms with Gasteiger partial charge >= 0.3 is 0 Å². The van der Waals surface area contributed by atoms with Crippen LogP contribution in [-0.2, 0) is 30.4 Å². The molecule has 0 aliphatic carbocycles. The maximum Gasteiger partial charge on any atom is 0.269 e. The first kappa shape index (κ1) is 21.6. The van der Waals surface area contributed by atoms with Crippen LogP contribution in [-0.4, -0.2) is 26.6 Å². The van der Waals surface area contributed by atoms with Crippen molar-refractivity contribution < 1.29 is 9.59 Å². The number of carbonyl (C=O) groups is 2. The second-order valence-electron chi connectivity index (χ2n) is 6.88. The zero-order chi connectivity index (χ0) is 21.3. The number of hydrogen-bond donors (Lipinski definition) is 2. The zero-order valence-electron chi connectivity index (χ0n) is 17.1. The molecule has 2 amide bonds. The number of carbonyl (C=O) groups excluding carboxylic acids is 2. The minimum atomic E-state index is -0.344. The second-order valence-corrected chi connectivity index (χ2v) is 7.82. The molecule has 0 saturated carbocycles. The van der Waals surface area contributed by atoms with Gasteiger partial charge in [0.05, 0.1) is 0 Å². The van der Waals surface area contributed by atoms with Gasteiger partial charge in [0, 0.05) is 24.8 Å². The molecule has 2 N–H and O–H groups in total. The lowest BCUT2D eigenvalue weighted by Crippen LogP contribution is -2.41. The number of rotatable bonds is 8. The van der Waals surface area contributed by atoms with Gasteiger partial charge in [-0.25, -0.2) is 0 Å². The van der Waals surface area contributed by atoms with Crippen LogP contribution in [0.1, 0.15) is 40.4 Å². The molecule has 0 spiro atoms. The molecule has 0 atom stereocenters. The van der Waals surface area contributed by atoms with Crippen molar-refractivity contribution in [3.8, 4) is 0 Å². The Balaban J connectivity index is 1.41. The van der Waals surface area contributed by atoms with E-state index in [-0.39, 0.29) is 11.8 Å². The van der Waals surface area contributed by atoms with E-state index in [4.69, 9.17) is 0 Å². The molecule has 0 fully saturated rings. The van der Waals surface area contributed by atoms with Crippen molar-refractivity contribution in [1.82, 2.24) is 25.6 Å². The normalized spacial score (nSPS) is 10.6. The van der Waals surface area contributed by atoms with Crippen molar-refractivity contribution in [3.05, 3.63) is 77.1 Å². The third kappa shape index (κ3) is 6.18. The third-order valence-corrected chi connectivity index (χ3v) is 5.75. The summed E-state index contributed by atoms with van der Waals surface area (Å²) in [6, 6.07) is 15.5. The van der Waals surface area contributed by atoms with Gasteiger partial charge in [0.1, 0.15) is 6.33 Å². The van der Waals surface area contributed by atoms with Crippen LogP contribution in [0, 0.1) is 0 Å². The van der Waals surface area contributed by atoms with Gasteiger partial charge in [0.15, 0.2) is 5.16 Å². The minimum absolute atomic E-state index is 0.223. The standard InChI is InChI=1S/C22H25N5O2S/c1-3-16-4-6-17(7-5-16)10-13-20(28)24-25-21(29)19-11-8-18(9-12-19)14-30-22-26-23-15-27(22)2/h4-9,11-12,15H,3,10,13-14H2,1-2H3,(H,24,28)(H,25,29). The maximum atomic E-state index is 12.2. The Hall–Kier alpha value is -3.13. The van der Waals surface area contributed by atoms with Crippen molar-refractivity contribution in [2.24, 2.45) is 7.05 Å². The van der Waals surface area contributed by atoms with Gasteiger partial charge in [-0.3, -0.25) is 20.4 Å². The summed E-state index contributed by atoms with van der Waals surface area (Å²) >= 11 is 1.57. The number of thioether (sulfide) groups is 1. The molecule has 3 aromatic rings. The highest BCUT2D eigenvalue weighted by atomic mass is 32.2. The molecule has 1 aromatic heterocycles. The number of hydrazine groups is 1. The van der Waals surface area contributed by atoms with Gasteiger partial charge in [-0.2, -0.15) is 0 Å². The van der Waals surface area contributed by atoms with E-state index in [0.717, 1.165) is 28.5 Å². The van der Waals surface area contributed by atoms with Gasteiger partial charge in [-0.05, 0) is 41.7 Å². The SMILES string of the molecule is CCc1ccc(CCC(=O)NNC(=O)c2ccc(CSc3nncn3C)cc2)cc1. The predicted octanol–water partition coefficient (Wildman–Crippen LogP) is 3.06. The highest BCUT2D eigenvalue weighted by molar-refractivity contribution is 7.98. The van der Waals surface area contributed by atoms with Crippen molar-refractivity contribution >= 4 is 23.6 Å². The lowest BCUT2D eigenvalue weighted by atomic mass is 10.1. The largest absolute Gasteiger partial charge is 0.312 e. The maximum absolute atomic E-state index is 12.2. The van der Waals surface area contributed by atoms with Crippen molar-refractivity contribution in [2.75, 3.05) is 0 Å². The van der Waals surface area contributed by atoms with Gasteiger partial charge in [-0.1, -0.05) is 55.1 Å². The Morgan fingerprint density at radius 2 is 1.63 bits per heavy atom. The molecule has 3 rings (SSSR count). The predicted molar refractivity (Wildman–Crippen MR) is 117 cm³/mol. The van der Waals surface area contributed by atoms with E-state index in [1.807, 2.05) is 35.9 Å². The molecule has 0 aliphatic heterocycles. The summed E-state index contributed by atoms with van der Waals surface area (Å²) in [4.78, 5) is 24.3. The van der Waals surface area contributed by atoms with Crippen LogP contribution in [0.4, 0.5) is 0 Å². The van der Waals surface area contributed by atoms with Crippen LogP contribution in [0.25, 0.3) is 0 Å². The Bertz CT molecular complexity index is 984. The number of amides is 2. The van der Waals surface area contributed by atoms with E-state index in [1.165, 1.54) is 5.56 Å². The first-order valence-corrected chi connectivity index (χ1v) is 10.8. The fraction of sp³-hybridized carbons (Fsp3) is 0.273. The fourth-order valence-electron chi connectivity index (χ4n) is 2.76. The van der Waals surface area contributed by atoms with Crippen LogP contribution >= 0.6 is 11.8 Å². The van der Waals surface area contributed by atoms with Crippen LogP contribution < -0.4 is 10.9 Å². The van der Waals surface area contributed by atoms with E-state index < -0.39 is 0 Å². The first-order valence-electron chi connectivity index (χ1n) is 9.78. The molecular weight excluding hydrogens is 398 g/mol. The highest BCUT2D eigenvalue weighted by Gasteiger charge is 2.09. The molecule has 8 heteroatoms. The highest BCUT2D eigenvalue weighted by Crippen LogP contribution is 2.20. The van der Waals surface area contributed by atoms with Crippen LogP contribution in [0.3, 0.4) is 0 Å². The van der Waals surface area contributed by atoms with Crippen molar-refractivity contribution in [3.63, 3.8) is 0 Å². The lowest BCUT2D eigenvalue weighted by Gasteiger charge is -2.08. The summed E-state index contributed by atoms with van der Waals surface area (Å²) in [5.74, 6) is 0.160. The number of benzene rings is 2. The molecular formula is C22H25N5O2S. The molecule has 156 valence electrons. The van der Waals surface area contributed by atoms with E-state index in [0.29, 0.717) is 18.4 Å². The molecule has 0 unspecified atom stereocenters. The smallest absolute Gasteiger partial charge is 0.269 e. The number of aromatic nitrogens is 3. The second kappa shape index (κ2) is 10.6. The zero-order valence-corrected chi connectivity index (χ0v) is 17.9. The molecule has 0 aliphatic rings. The van der Waals surface area contributed by atoms with Gasteiger partial charge in [0.25, 0.3) is 5.91 Å². The summed E-state index contributed by atoms with van der Waals surface area (Å²) in [6.07, 6.45) is 3.59. The number of aryl methyl sites for hydroxylation is 3. The van der Waals surface area contributed by atoms with E-state index in [2.05, 4.69) is 40.1 Å². The van der Waals surface area contributed by atoms with Crippen LogP contribution in [0.5, 0.6) is 0 Å². The Morgan fingerprint density at radius 3 is 2.27 bits per heavy atom. The van der Waals surface area contributed by atoms with Gasteiger partial charge in [0.2, 0.25) is 5.91 Å². The molecule has 30 heavy (non-hydrogen) atoms. The molecule has 7 nitrogen and oxygen atoms in total. The summed E-state index contributed by atoms with van der Waals surface area (Å²) in [5.41, 5.74) is 8.87. The Labute approximate surface area is 180 Å². The van der Waals surface area contributed by atoms with Gasteiger partial charge in [-0.15, -0.1) is 10.2 Å². The topological polar surface area (TPSA) is 88.9 Å².